The molecular weight excluding hydrogens is 388 g/mol. The van der Waals surface area contributed by atoms with Crippen LogP contribution in [0.2, 0.25) is 0 Å². The number of nitrogens with one attached hydrogen (secondary N) is 2. The van der Waals surface area contributed by atoms with Crippen LogP contribution in [0, 0.1) is 0 Å². The van der Waals surface area contributed by atoms with Crippen LogP contribution < -0.4 is 10.6 Å². The molecule has 2 amide bonds. The fourth-order valence-corrected chi connectivity index (χ4v) is 3.53. The van der Waals surface area contributed by atoms with Gasteiger partial charge in [-0.3, -0.25) is 9.59 Å². The highest BCUT2D eigenvalue weighted by Crippen LogP contribution is 2.44. The van der Waals surface area contributed by atoms with Crippen molar-refractivity contribution in [3.05, 3.63) is 59.7 Å². The van der Waals surface area contributed by atoms with Crippen molar-refractivity contribution < 1.29 is 29.3 Å². The first-order valence-electron chi connectivity index (χ1n) is 9.66. The molecule has 4 N–H and O–H groups in total. The first-order valence-corrected chi connectivity index (χ1v) is 9.66. The second-order valence-electron chi connectivity index (χ2n) is 7.19. The number of aliphatic hydroxyl groups is 1. The van der Waals surface area contributed by atoms with Gasteiger partial charge in [-0.05, 0) is 29.2 Å². The standard InChI is InChI=1S/C22H24N2O6/c1-13(21(28)23-11-14(25)10-20(26)27)24-22(29)30-12-19-17-8-4-2-6-15(17)16-7-3-5-9-18(16)19/h2-9,13-14,19,25H,10-12H2,1H3,(H,23,28)(H,24,29)(H,26,27)/t13-,14?/m0/s1. The summed E-state index contributed by atoms with van der Waals surface area (Å²) in [4.78, 5) is 34.7. The molecule has 8 nitrogen and oxygen atoms in total. The van der Waals surface area contributed by atoms with Gasteiger partial charge in [0.2, 0.25) is 5.91 Å². The number of carbonyl (C=O) groups excluding carboxylic acids is 2. The topological polar surface area (TPSA) is 125 Å². The van der Waals surface area contributed by atoms with Crippen LogP contribution in [0.25, 0.3) is 11.1 Å². The van der Waals surface area contributed by atoms with Crippen LogP contribution in [-0.2, 0) is 14.3 Å². The maximum Gasteiger partial charge on any atom is 0.407 e. The molecule has 3 rings (SSSR count). The summed E-state index contributed by atoms with van der Waals surface area (Å²) in [6, 6.07) is 15.0. The Balaban J connectivity index is 1.52. The highest BCUT2D eigenvalue weighted by Gasteiger charge is 2.29. The van der Waals surface area contributed by atoms with Crippen LogP contribution in [0.1, 0.15) is 30.4 Å². The number of fused-ring (bicyclic) bond motifs is 3. The molecular formula is C22H24N2O6. The van der Waals surface area contributed by atoms with Gasteiger partial charge in [-0.15, -0.1) is 0 Å². The highest BCUT2D eigenvalue weighted by atomic mass is 16.5. The number of hydrogen-bond donors (Lipinski definition) is 4. The number of ether oxygens (including phenoxy) is 1. The number of alkyl carbamates (subject to hydrolysis) is 1. The summed E-state index contributed by atoms with van der Waals surface area (Å²) in [7, 11) is 0. The van der Waals surface area contributed by atoms with Crippen molar-refractivity contribution >= 4 is 18.0 Å². The summed E-state index contributed by atoms with van der Waals surface area (Å²) in [5.74, 6) is -1.80. The summed E-state index contributed by atoms with van der Waals surface area (Å²) in [6.45, 7) is 1.38. The SMILES string of the molecule is C[C@H](NC(=O)OCC1c2ccccc2-c2ccccc21)C(=O)NCC(O)CC(=O)O. The van der Waals surface area contributed by atoms with E-state index < -0.39 is 36.5 Å². The van der Waals surface area contributed by atoms with Gasteiger partial charge in [0.15, 0.2) is 0 Å². The predicted molar refractivity (Wildman–Crippen MR) is 109 cm³/mol. The van der Waals surface area contributed by atoms with E-state index in [1.807, 2.05) is 48.5 Å². The molecule has 1 unspecified atom stereocenters. The fraction of sp³-hybridized carbons (Fsp3) is 0.318. The Morgan fingerprint density at radius 3 is 2.17 bits per heavy atom. The smallest absolute Gasteiger partial charge is 0.407 e. The van der Waals surface area contributed by atoms with E-state index in [0.29, 0.717) is 0 Å². The van der Waals surface area contributed by atoms with E-state index in [0.717, 1.165) is 22.3 Å². The number of carboxylic acids is 1. The van der Waals surface area contributed by atoms with E-state index in [9.17, 15) is 19.5 Å². The number of amides is 2. The molecule has 0 saturated carbocycles. The zero-order chi connectivity index (χ0) is 21.7. The average Bonchev–Trinajstić information content (AvgIpc) is 3.04. The van der Waals surface area contributed by atoms with Gasteiger partial charge in [-0.25, -0.2) is 4.79 Å². The number of aliphatic hydroxyl groups excluding tert-OH is 1. The first kappa shape index (κ1) is 21.3. The Morgan fingerprint density at radius 2 is 1.60 bits per heavy atom. The van der Waals surface area contributed by atoms with Crippen molar-refractivity contribution in [3.8, 4) is 11.1 Å². The van der Waals surface area contributed by atoms with Gasteiger partial charge < -0.3 is 25.6 Å². The Hall–Kier alpha value is -3.39. The molecule has 0 spiro atoms. The summed E-state index contributed by atoms with van der Waals surface area (Å²) >= 11 is 0. The van der Waals surface area contributed by atoms with Gasteiger partial charge in [0.1, 0.15) is 12.6 Å². The first-order chi connectivity index (χ1) is 14.4. The minimum absolute atomic E-state index is 0.0848. The molecule has 2 aromatic rings. The lowest BCUT2D eigenvalue weighted by Crippen LogP contribution is -2.47. The molecule has 0 aliphatic heterocycles. The highest BCUT2D eigenvalue weighted by molar-refractivity contribution is 5.85. The molecule has 8 heteroatoms. The Morgan fingerprint density at radius 1 is 1.03 bits per heavy atom. The van der Waals surface area contributed by atoms with Crippen molar-refractivity contribution in [3.63, 3.8) is 0 Å². The van der Waals surface area contributed by atoms with E-state index in [2.05, 4.69) is 10.6 Å². The summed E-state index contributed by atoms with van der Waals surface area (Å²) in [5, 5.41) is 22.9. The lowest BCUT2D eigenvalue weighted by molar-refractivity contribution is -0.139. The van der Waals surface area contributed by atoms with E-state index >= 15 is 0 Å². The lowest BCUT2D eigenvalue weighted by Gasteiger charge is -2.17. The Labute approximate surface area is 173 Å². The number of carbonyl (C=O) groups is 3. The number of aliphatic carboxylic acids is 1. The number of benzene rings is 2. The molecule has 0 fully saturated rings. The molecule has 2 aromatic carbocycles. The summed E-state index contributed by atoms with van der Waals surface area (Å²) in [5.41, 5.74) is 4.42. The third kappa shape index (κ3) is 4.96. The molecule has 1 aliphatic rings. The van der Waals surface area contributed by atoms with Crippen LogP contribution >= 0.6 is 0 Å². The third-order valence-electron chi connectivity index (χ3n) is 4.99. The maximum atomic E-state index is 12.2. The normalized spacial score (nSPS) is 14.2. The van der Waals surface area contributed by atoms with Crippen molar-refractivity contribution in [2.24, 2.45) is 0 Å². The molecule has 0 saturated heterocycles. The quantitative estimate of drug-likeness (QED) is 0.525. The van der Waals surface area contributed by atoms with E-state index in [-0.39, 0.29) is 19.1 Å². The average molecular weight is 412 g/mol. The molecule has 0 bridgehead atoms. The number of carboxylic acid groups (broad SMARTS) is 1. The van der Waals surface area contributed by atoms with Gasteiger partial charge in [0, 0.05) is 12.5 Å². The zero-order valence-corrected chi connectivity index (χ0v) is 16.5. The van der Waals surface area contributed by atoms with Gasteiger partial charge in [0.05, 0.1) is 12.5 Å². The Bertz CT molecular complexity index is 899. The number of hydrogen-bond acceptors (Lipinski definition) is 5. The zero-order valence-electron chi connectivity index (χ0n) is 16.5. The van der Waals surface area contributed by atoms with Crippen molar-refractivity contribution in [2.45, 2.75) is 31.4 Å². The van der Waals surface area contributed by atoms with Crippen molar-refractivity contribution in [1.82, 2.24) is 10.6 Å². The van der Waals surface area contributed by atoms with E-state index in [1.165, 1.54) is 6.92 Å². The van der Waals surface area contributed by atoms with Crippen molar-refractivity contribution in [1.29, 1.82) is 0 Å². The van der Waals surface area contributed by atoms with Crippen LogP contribution in [0.5, 0.6) is 0 Å². The van der Waals surface area contributed by atoms with Crippen LogP contribution in [0.15, 0.2) is 48.5 Å². The molecule has 2 atom stereocenters. The summed E-state index contributed by atoms with van der Waals surface area (Å²) in [6.07, 6.45) is -2.41. The molecule has 0 heterocycles. The van der Waals surface area contributed by atoms with E-state index in [4.69, 9.17) is 9.84 Å². The van der Waals surface area contributed by atoms with Gasteiger partial charge in [-0.2, -0.15) is 0 Å². The molecule has 0 aromatic heterocycles. The largest absolute Gasteiger partial charge is 0.481 e. The van der Waals surface area contributed by atoms with Crippen molar-refractivity contribution in [2.75, 3.05) is 13.2 Å². The molecule has 30 heavy (non-hydrogen) atoms. The van der Waals surface area contributed by atoms with Crippen LogP contribution in [0.3, 0.4) is 0 Å². The predicted octanol–water partition coefficient (Wildman–Crippen LogP) is 1.87. The molecule has 1 aliphatic carbocycles. The number of rotatable bonds is 8. The van der Waals surface area contributed by atoms with Gasteiger partial charge in [-0.1, -0.05) is 48.5 Å². The third-order valence-corrected chi connectivity index (χ3v) is 4.99. The van der Waals surface area contributed by atoms with Crippen LogP contribution in [-0.4, -0.2) is 53.5 Å². The summed E-state index contributed by atoms with van der Waals surface area (Å²) < 4.78 is 5.38. The Kier molecular flexibility index (Phi) is 6.68. The second kappa shape index (κ2) is 9.41. The minimum atomic E-state index is -1.20. The van der Waals surface area contributed by atoms with E-state index in [1.54, 1.807) is 0 Å². The molecule has 0 radical (unpaired) electrons. The monoisotopic (exact) mass is 412 g/mol. The fourth-order valence-electron chi connectivity index (χ4n) is 3.53. The van der Waals surface area contributed by atoms with Crippen LogP contribution in [0.4, 0.5) is 4.79 Å². The minimum Gasteiger partial charge on any atom is -0.481 e. The van der Waals surface area contributed by atoms with Gasteiger partial charge >= 0.3 is 12.1 Å². The lowest BCUT2D eigenvalue weighted by atomic mass is 9.98. The maximum absolute atomic E-state index is 12.2. The second-order valence-corrected chi connectivity index (χ2v) is 7.19. The molecule has 158 valence electrons. The van der Waals surface area contributed by atoms with Gasteiger partial charge in [0.25, 0.3) is 0 Å².